The second-order valence-corrected chi connectivity index (χ2v) is 8.16. The SMILES string of the molecule is CCCCCCCCCCCCCCCC(=O)N/N=C\c1cc([N+](=O)[O-])ccc1Cl. The first-order chi connectivity index (χ1) is 14.5. The van der Waals surface area contributed by atoms with E-state index in [1.165, 1.54) is 88.6 Å². The molecular weight excluding hydrogens is 402 g/mol. The van der Waals surface area contributed by atoms with Crippen molar-refractivity contribution in [2.75, 3.05) is 0 Å². The number of hydrogen-bond acceptors (Lipinski definition) is 4. The smallest absolute Gasteiger partial charge is 0.270 e. The molecule has 0 fully saturated rings. The average Bonchev–Trinajstić information content (AvgIpc) is 2.72. The Bertz CT molecular complexity index is 665. The number of rotatable bonds is 17. The van der Waals surface area contributed by atoms with Crippen LogP contribution in [0.2, 0.25) is 5.02 Å². The van der Waals surface area contributed by atoms with Gasteiger partial charge in [0.1, 0.15) is 0 Å². The monoisotopic (exact) mass is 437 g/mol. The van der Waals surface area contributed by atoms with Gasteiger partial charge in [-0.2, -0.15) is 5.10 Å². The third kappa shape index (κ3) is 12.6. The van der Waals surface area contributed by atoms with E-state index in [9.17, 15) is 14.9 Å². The van der Waals surface area contributed by atoms with Crippen LogP contribution in [0.1, 0.15) is 102 Å². The summed E-state index contributed by atoms with van der Waals surface area (Å²) < 4.78 is 0. The summed E-state index contributed by atoms with van der Waals surface area (Å²) in [6, 6.07) is 4.09. The minimum atomic E-state index is -0.499. The number of unbranched alkanes of at least 4 members (excludes halogenated alkanes) is 12. The molecule has 0 radical (unpaired) electrons. The molecule has 0 aromatic heterocycles. The van der Waals surface area contributed by atoms with E-state index in [2.05, 4.69) is 17.5 Å². The second-order valence-electron chi connectivity index (χ2n) is 7.75. The lowest BCUT2D eigenvalue weighted by molar-refractivity contribution is -0.384. The predicted molar refractivity (Wildman–Crippen MR) is 124 cm³/mol. The van der Waals surface area contributed by atoms with Gasteiger partial charge in [0.15, 0.2) is 0 Å². The van der Waals surface area contributed by atoms with Crippen molar-refractivity contribution < 1.29 is 9.72 Å². The highest BCUT2D eigenvalue weighted by Gasteiger charge is 2.08. The van der Waals surface area contributed by atoms with Gasteiger partial charge in [0.05, 0.1) is 11.1 Å². The van der Waals surface area contributed by atoms with Crippen LogP contribution in [-0.2, 0) is 4.79 Å². The van der Waals surface area contributed by atoms with Crippen LogP contribution in [0, 0.1) is 10.1 Å². The molecule has 1 rings (SSSR count). The topological polar surface area (TPSA) is 84.6 Å². The molecule has 0 spiro atoms. The van der Waals surface area contributed by atoms with Crippen LogP contribution in [0.15, 0.2) is 23.3 Å². The summed E-state index contributed by atoms with van der Waals surface area (Å²) in [6.07, 6.45) is 18.2. The van der Waals surface area contributed by atoms with Crippen LogP contribution < -0.4 is 5.43 Å². The molecule has 1 amide bonds. The Hall–Kier alpha value is -1.95. The number of halogens is 1. The highest BCUT2D eigenvalue weighted by molar-refractivity contribution is 6.33. The van der Waals surface area contributed by atoms with Gasteiger partial charge in [0.2, 0.25) is 5.91 Å². The molecule has 0 aliphatic heterocycles. The van der Waals surface area contributed by atoms with Crippen LogP contribution in [0.5, 0.6) is 0 Å². The molecule has 0 heterocycles. The van der Waals surface area contributed by atoms with Crippen LogP contribution in [0.25, 0.3) is 0 Å². The standard InChI is InChI=1S/C23H36ClN3O3/c1-2-3-4-5-6-7-8-9-10-11-12-13-14-15-23(28)26-25-19-20-18-21(27(29)30)16-17-22(20)24/h16-19H,2-15H2,1H3,(H,26,28)/b25-19-. The summed E-state index contributed by atoms with van der Waals surface area (Å²) in [4.78, 5) is 22.1. The van der Waals surface area contributed by atoms with Gasteiger partial charge in [-0.1, -0.05) is 95.6 Å². The van der Waals surface area contributed by atoms with Crippen molar-refractivity contribution in [2.45, 2.75) is 96.8 Å². The molecule has 168 valence electrons. The van der Waals surface area contributed by atoms with E-state index in [0.717, 1.165) is 19.3 Å². The van der Waals surface area contributed by atoms with Crippen molar-refractivity contribution in [2.24, 2.45) is 5.10 Å². The molecular formula is C23H36ClN3O3. The molecule has 30 heavy (non-hydrogen) atoms. The number of non-ortho nitro benzene ring substituents is 1. The van der Waals surface area contributed by atoms with E-state index >= 15 is 0 Å². The van der Waals surface area contributed by atoms with Gasteiger partial charge in [0, 0.05) is 29.1 Å². The number of carbonyl (C=O) groups excluding carboxylic acids is 1. The Balaban J connectivity index is 2.03. The van der Waals surface area contributed by atoms with Gasteiger partial charge in [-0.15, -0.1) is 0 Å². The Morgan fingerprint density at radius 1 is 1.00 bits per heavy atom. The summed E-state index contributed by atoms with van der Waals surface area (Å²) in [5.74, 6) is -0.157. The molecule has 7 heteroatoms. The Morgan fingerprint density at radius 2 is 1.53 bits per heavy atom. The van der Waals surface area contributed by atoms with Crippen LogP contribution in [0.3, 0.4) is 0 Å². The van der Waals surface area contributed by atoms with E-state index in [1.807, 2.05) is 0 Å². The number of carbonyl (C=O) groups is 1. The summed E-state index contributed by atoms with van der Waals surface area (Å²) in [5, 5.41) is 15.0. The lowest BCUT2D eigenvalue weighted by Gasteiger charge is -2.03. The van der Waals surface area contributed by atoms with Gasteiger partial charge in [-0.05, 0) is 12.5 Å². The molecule has 0 saturated heterocycles. The van der Waals surface area contributed by atoms with Gasteiger partial charge in [0.25, 0.3) is 5.69 Å². The van der Waals surface area contributed by atoms with Crippen LogP contribution in [0.4, 0.5) is 5.69 Å². The lowest BCUT2D eigenvalue weighted by Crippen LogP contribution is -2.16. The molecule has 0 unspecified atom stereocenters. The zero-order valence-corrected chi connectivity index (χ0v) is 19.0. The number of benzene rings is 1. The summed E-state index contributed by atoms with van der Waals surface area (Å²) in [5.41, 5.74) is 2.78. The molecule has 0 aliphatic rings. The second kappa shape index (κ2) is 16.8. The van der Waals surface area contributed by atoms with Gasteiger partial charge >= 0.3 is 0 Å². The van der Waals surface area contributed by atoms with E-state index in [0.29, 0.717) is 17.0 Å². The van der Waals surface area contributed by atoms with E-state index in [1.54, 1.807) is 0 Å². The number of nitrogens with zero attached hydrogens (tertiary/aromatic N) is 2. The quantitative estimate of drug-likeness (QED) is 0.121. The maximum Gasteiger partial charge on any atom is 0.270 e. The van der Waals surface area contributed by atoms with Crippen LogP contribution in [-0.4, -0.2) is 17.0 Å². The van der Waals surface area contributed by atoms with E-state index < -0.39 is 4.92 Å². The number of nitro benzene ring substituents is 1. The molecule has 0 bridgehead atoms. The lowest BCUT2D eigenvalue weighted by atomic mass is 10.0. The van der Waals surface area contributed by atoms with Gasteiger partial charge < -0.3 is 0 Å². The normalized spacial score (nSPS) is 11.1. The Kier molecular flexibility index (Phi) is 14.6. The fourth-order valence-corrected chi connectivity index (χ4v) is 3.44. The van der Waals surface area contributed by atoms with Gasteiger partial charge in [-0.25, -0.2) is 5.43 Å². The first-order valence-electron chi connectivity index (χ1n) is 11.3. The summed E-state index contributed by atoms with van der Waals surface area (Å²) >= 11 is 5.99. The highest BCUT2D eigenvalue weighted by Crippen LogP contribution is 2.20. The van der Waals surface area contributed by atoms with Crippen molar-refractivity contribution in [1.82, 2.24) is 5.43 Å². The van der Waals surface area contributed by atoms with Crippen molar-refractivity contribution in [1.29, 1.82) is 0 Å². The number of nitro groups is 1. The Morgan fingerprint density at radius 3 is 2.07 bits per heavy atom. The third-order valence-electron chi connectivity index (χ3n) is 5.09. The first kappa shape index (κ1) is 26.1. The fourth-order valence-electron chi connectivity index (χ4n) is 3.28. The predicted octanol–water partition coefficient (Wildman–Crippen LogP) is 7.18. The molecule has 1 aromatic rings. The zero-order valence-electron chi connectivity index (χ0n) is 18.2. The van der Waals surface area contributed by atoms with Crippen molar-refractivity contribution >= 4 is 29.4 Å². The minimum absolute atomic E-state index is 0.0702. The molecule has 0 aliphatic carbocycles. The highest BCUT2D eigenvalue weighted by atomic mass is 35.5. The summed E-state index contributed by atoms with van der Waals surface area (Å²) in [6.45, 7) is 2.25. The molecule has 1 N–H and O–H groups in total. The van der Waals surface area contributed by atoms with Crippen molar-refractivity contribution in [3.8, 4) is 0 Å². The number of hydrazone groups is 1. The average molecular weight is 438 g/mol. The largest absolute Gasteiger partial charge is 0.273 e. The minimum Gasteiger partial charge on any atom is -0.273 e. The molecule has 1 aromatic carbocycles. The first-order valence-corrected chi connectivity index (χ1v) is 11.7. The maximum absolute atomic E-state index is 11.8. The zero-order chi connectivity index (χ0) is 22.0. The van der Waals surface area contributed by atoms with Gasteiger partial charge in [-0.3, -0.25) is 14.9 Å². The maximum atomic E-state index is 11.8. The Labute approximate surface area is 185 Å². The summed E-state index contributed by atoms with van der Waals surface area (Å²) in [7, 11) is 0. The third-order valence-corrected chi connectivity index (χ3v) is 5.43. The number of amides is 1. The number of hydrogen-bond donors (Lipinski definition) is 1. The number of nitrogens with one attached hydrogen (secondary N) is 1. The van der Waals surface area contributed by atoms with E-state index in [-0.39, 0.29) is 11.6 Å². The van der Waals surface area contributed by atoms with Crippen molar-refractivity contribution in [3.05, 3.63) is 38.9 Å². The molecule has 0 atom stereocenters. The van der Waals surface area contributed by atoms with E-state index in [4.69, 9.17) is 11.6 Å². The molecule has 6 nitrogen and oxygen atoms in total. The molecule has 0 saturated carbocycles. The fraction of sp³-hybridized carbons (Fsp3) is 0.652. The van der Waals surface area contributed by atoms with Crippen LogP contribution >= 0.6 is 11.6 Å². The van der Waals surface area contributed by atoms with Crippen molar-refractivity contribution in [3.63, 3.8) is 0 Å².